The van der Waals surface area contributed by atoms with Gasteiger partial charge in [0, 0.05) is 18.6 Å². The van der Waals surface area contributed by atoms with Crippen LogP contribution in [0.2, 0.25) is 0 Å². The van der Waals surface area contributed by atoms with Gasteiger partial charge in [-0.1, -0.05) is 0 Å². The molecule has 2 N–H and O–H groups in total. The van der Waals surface area contributed by atoms with Gasteiger partial charge in [0.05, 0.1) is 19.3 Å². The Morgan fingerprint density at radius 1 is 1.69 bits per heavy atom. The van der Waals surface area contributed by atoms with Crippen LogP contribution in [0.3, 0.4) is 0 Å². The van der Waals surface area contributed by atoms with Crippen molar-refractivity contribution in [3.05, 3.63) is 0 Å². The van der Waals surface area contributed by atoms with Crippen molar-refractivity contribution in [2.45, 2.75) is 25.4 Å². The molecular formula is C9H17N3O. The third-order valence-corrected chi connectivity index (χ3v) is 2.40. The van der Waals surface area contributed by atoms with Gasteiger partial charge in [-0.15, -0.1) is 0 Å². The van der Waals surface area contributed by atoms with Gasteiger partial charge < -0.3 is 10.5 Å². The van der Waals surface area contributed by atoms with E-state index in [4.69, 9.17) is 15.7 Å². The van der Waals surface area contributed by atoms with Gasteiger partial charge in [0.1, 0.15) is 6.04 Å². The summed E-state index contributed by atoms with van der Waals surface area (Å²) in [5.74, 6) is 0. The summed E-state index contributed by atoms with van der Waals surface area (Å²) >= 11 is 0. The zero-order chi connectivity index (χ0) is 9.90. The van der Waals surface area contributed by atoms with Crippen molar-refractivity contribution < 1.29 is 4.74 Å². The highest BCUT2D eigenvalue weighted by atomic mass is 16.5. The summed E-state index contributed by atoms with van der Waals surface area (Å²) in [6, 6.07) is 1.65. The molecular weight excluding hydrogens is 166 g/mol. The van der Waals surface area contributed by atoms with E-state index in [2.05, 4.69) is 18.7 Å². The Kier molecular flexibility index (Phi) is 3.26. The summed E-state index contributed by atoms with van der Waals surface area (Å²) in [5.41, 5.74) is 5.59. The predicted octanol–water partition coefficient (Wildman–Crippen LogP) is -0.0519. The van der Waals surface area contributed by atoms with E-state index in [9.17, 15) is 0 Å². The highest BCUT2D eigenvalue weighted by molar-refractivity contribution is 4.94. The molecule has 0 bridgehead atoms. The minimum Gasteiger partial charge on any atom is -0.378 e. The fourth-order valence-corrected chi connectivity index (χ4v) is 1.51. The second-order valence-corrected chi connectivity index (χ2v) is 4.05. The Hall–Kier alpha value is -0.630. The monoisotopic (exact) mass is 183 g/mol. The van der Waals surface area contributed by atoms with Crippen molar-refractivity contribution >= 4 is 0 Å². The first-order valence-electron chi connectivity index (χ1n) is 4.54. The van der Waals surface area contributed by atoms with Crippen molar-refractivity contribution in [3.63, 3.8) is 0 Å². The molecule has 4 nitrogen and oxygen atoms in total. The first kappa shape index (κ1) is 10.5. The Morgan fingerprint density at radius 2 is 2.38 bits per heavy atom. The zero-order valence-electron chi connectivity index (χ0n) is 8.29. The molecule has 0 amide bonds. The lowest BCUT2D eigenvalue weighted by atomic mass is 10.0. The van der Waals surface area contributed by atoms with E-state index in [0.29, 0.717) is 13.2 Å². The van der Waals surface area contributed by atoms with Crippen LogP contribution in [0, 0.1) is 11.3 Å². The lowest BCUT2D eigenvalue weighted by Crippen LogP contribution is -2.55. The second kappa shape index (κ2) is 4.05. The molecule has 0 aromatic rings. The van der Waals surface area contributed by atoms with Crippen LogP contribution in [-0.4, -0.2) is 42.8 Å². The summed E-state index contributed by atoms with van der Waals surface area (Å²) < 4.78 is 5.36. The molecule has 0 aromatic heterocycles. The van der Waals surface area contributed by atoms with E-state index in [-0.39, 0.29) is 5.54 Å². The average molecular weight is 183 g/mol. The fraction of sp³-hybridized carbons (Fsp3) is 0.889. The quantitative estimate of drug-likeness (QED) is 0.652. The number of hydrogen-bond donors (Lipinski definition) is 1. The van der Waals surface area contributed by atoms with Crippen molar-refractivity contribution in [1.29, 1.82) is 5.26 Å². The predicted molar refractivity (Wildman–Crippen MR) is 50.1 cm³/mol. The Bertz CT molecular complexity index is 209. The molecule has 4 heteroatoms. The molecule has 1 fully saturated rings. The van der Waals surface area contributed by atoms with Crippen LogP contribution in [0.1, 0.15) is 13.8 Å². The van der Waals surface area contributed by atoms with Gasteiger partial charge in [0.25, 0.3) is 0 Å². The molecule has 0 saturated carbocycles. The first-order valence-corrected chi connectivity index (χ1v) is 4.54. The number of ether oxygens (including phenoxy) is 1. The normalized spacial score (nSPS) is 25.1. The van der Waals surface area contributed by atoms with Gasteiger partial charge in [-0.2, -0.15) is 5.26 Å². The van der Waals surface area contributed by atoms with Crippen molar-refractivity contribution in [3.8, 4) is 6.07 Å². The molecule has 0 spiro atoms. The zero-order valence-corrected chi connectivity index (χ0v) is 8.29. The minimum absolute atomic E-state index is 0.00667. The summed E-state index contributed by atoms with van der Waals surface area (Å²) in [6.45, 7) is 7.16. The molecule has 1 atom stereocenters. The summed E-state index contributed by atoms with van der Waals surface area (Å²) in [4.78, 5) is 2.21. The number of nitriles is 1. The summed E-state index contributed by atoms with van der Waals surface area (Å²) in [7, 11) is 0. The molecule has 0 radical (unpaired) electrons. The van der Waals surface area contributed by atoms with Crippen LogP contribution < -0.4 is 5.73 Å². The van der Waals surface area contributed by atoms with E-state index < -0.39 is 6.04 Å². The Morgan fingerprint density at radius 3 is 2.92 bits per heavy atom. The van der Waals surface area contributed by atoms with Crippen LogP contribution in [0.5, 0.6) is 0 Å². The largest absolute Gasteiger partial charge is 0.378 e. The molecule has 0 aromatic carbocycles. The average Bonchev–Trinajstić information content (AvgIpc) is 2.08. The molecule has 1 aliphatic heterocycles. The lowest BCUT2D eigenvalue weighted by molar-refractivity contribution is -0.0512. The molecule has 1 aliphatic rings. The van der Waals surface area contributed by atoms with Gasteiger partial charge in [-0.25, -0.2) is 0 Å². The van der Waals surface area contributed by atoms with Crippen molar-refractivity contribution in [2.75, 3.05) is 26.3 Å². The van der Waals surface area contributed by atoms with Crippen LogP contribution >= 0.6 is 0 Å². The third-order valence-electron chi connectivity index (χ3n) is 2.40. The molecule has 1 heterocycles. The van der Waals surface area contributed by atoms with Crippen LogP contribution in [-0.2, 0) is 4.74 Å². The van der Waals surface area contributed by atoms with Gasteiger partial charge in [0.2, 0.25) is 0 Å². The van der Waals surface area contributed by atoms with Gasteiger partial charge >= 0.3 is 0 Å². The number of hydrogen-bond acceptors (Lipinski definition) is 4. The maximum absolute atomic E-state index is 8.60. The Labute approximate surface area is 79.3 Å². The molecule has 1 rings (SSSR count). The highest BCUT2D eigenvalue weighted by Gasteiger charge is 2.31. The Balaban J connectivity index is 2.52. The maximum atomic E-state index is 8.60. The van der Waals surface area contributed by atoms with E-state index in [1.54, 1.807) is 0 Å². The van der Waals surface area contributed by atoms with Crippen LogP contribution in [0.4, 0.5) is 0 Å². The molecule has 13 heavy (non-hydrogen) atoms. The van der Waals surface area contributed by atoms with Crippen molar-refractivity contribution in [2.24, 2.45) is 5.73 Å². The van der Waals surface area contributed by atoms with Crippen LogP contribution in [0.15, 0.2) is 0 Å². The third kappa shape index (κ3) is 2.66. The fourth-order valence-electron chi connectivity index (χ4n) is 1.51. The first-order chi connectivity index (χ1) is 6.06. The number of morpholine rings is 1. The molecule has 0 aliphatic carbocycles. The summed E-state index contributed by atoms with van der Waals surface area (Å²) in [5, 5.41) is 8.60. The van der Waals surface area contributed by atoms with E-state index in [1.807, 2.05) is 6.07 Å². The minimum atomic E-state index is -0.391. The van der Waals surface area contributed by atoms with Crippen LogP contribution in [0.25, 0.3) is 0 Å². The second-order valence-electron chi connectivity index (χ2n) is 4.05. The lowest BCUT2D eigenvalue weighted by Gasteiger charge is -2.42. The topological polar surface area (TPSA) is 62.3 Å². The molecule has 1 saturated heterocycles. The SMILES string of the molecule is CC1(C)COCCN1CC(N)C#N. The standard InChI is InChI=1S/C9H17N3O/c1-9(2)7-13-4-3-12(9)6-8(11)5-10/h8H,3-4,6-7,11H2,1-2H3. The van der Waals surface area contributed by atoms with E-state index >= 15 is 0 Å². The molecule has 1 unspecified atom stereocenters. The van der Waals surface area contributed by atoms with Gasteiger partial charge in [-0.05, 0) is 13.8 Å². The number of nitrogens with two attached hydrogens (primary N) is 1. The van der Waals surface area contributed by atoms with E-state index in [1.165, 1.54) is 0 Å². The van der Waals surface area contributed by atoms with Crippen molar-refractivity contribution in [1.82, 2.24) is 4.90 Å². The molecule has 74 valence electrons. The maximum Gasteiger partial charge on any atom is 0.106 e. The number of rotatable bonds is 2. The van der Waals surface area contributed by atoms with E-state index in [0.717, 1.165) is 13.2 Å². The number of nitrogens with zero attached hydrogens (tertiary/aromatic N) is 2. The van der Waals surface area contributed by atoms with Gasteiger partial charge in [0.15, 0.2) is 0 Å². The van der Waals surface area contributed by atoms with Gasteiger partial charge in [-0.3, -0.25) is 4.90 Å². The summed E-state index contributed by atoms with van der Waals surface area (Å²) in [6.07, 6.45) is 0. The smallest absolute Gasteiger partial charge is 0.106 e. The highest BCUT2D eigenvalue weighted by Crippen LogP contribution is 2.18.